The van der Waals surface area contributed by atoms with Crippen LogP contribution in [0.2, 0.25) is 0 Å². The number of H-pyrrole nitrogens is 1. The van der Waals surface area contributed by atoms with E-state index in [1.54, 1.807) is 0 Å². The molecule has 0 saturated heterocycles. The zero-order valence-corrected chi connectivity index (χ0v) is 20.2. The molecule has 0 fully saturated rings. The van der Waals surface area contributed by atoms with Gasteiger partial charge in [-0.1, -0.05) is 59.7 Å². The molecule has 7 rings (SSSR count). The van der Waals surface area contributed by atoms with Crippen molar-refractivity contribution >= 4 is 43.6 Å². The fourth-order valence-corrected chi connectivity index (χ4v) is 5.70. The quantitative estimate of drug-likeness (QED) is 0.271. The van der Waals surface area contributed by atoms with Gasteiger partial charge in [-0.15, -0.1) is 0 Å². The molecule has 7 aromatic rings. The maximum Gasteiger partial charge on any atom is 0.0570 e. The number of hydrogen-bond donors (Lipinski definition) is 1. The van der Waals surface area contributed by atoms with Crippen LogP contribution in [0.15, 0.2) is 97.1 Å². The van der Waals surface area contributed by atoms with Gasteiger partial charge in [0, 0.05) is 38.3 Å². The Balaban J connectivity index is 1.51. The molecule has 0 bridgehead atoms. The summed E-state index contributed by atoms with van der Waals surface area (Å²) < 4.78 is 2.42. The lowest BCUT2D eigenvalue weighted by atomic mass is 10.00. The maximum atomic E-state index is 3.55. The first-order valence-corrected chi connectivity index (χ1v) is 12.2. The lowest BCUT2D eigenvalue weighted by molar-refractivity contribution is 1.16. The minimum atomic E-state index is 1.18. The van der Waals surface area contributed by atoms with E-state index in [4.69, 9.17) is 0 Å². The van der Waals surface area contributed by atoms with Crippen molar-refractivity contribution in [1.82, 2.24) is 9.55 Å². The average molecular weight is 451 g/mol. The molecule has 0 aliphatic heterocycles. The van der Waals surface area contributed by atoms with Crippen LogP contribution >= 0.6 is 0 Å². The zero-order valence-electron chi connectivity index (χ0n) is 20.2. The minimum absolute atomic E-state index is 1.18. The second-order valence-electron chi connectivity index (χ2n) is 9.81. The van der Waals surface area contributed by atoms with E-state index in [-0.39, 0.29) is 0 Å². The number of aromatic nitrogens is 2. The van der Waals surface area contributed by atoms with Gasteiger partial charge in [-0.3, -0.25) is 0 Å². The first-order chi connectivity index (χ1) is 17.1. The molecule has 1 N–H and O–H groups in total. The third kappa shape index (κ3) is 3.03. The Morgan fingerprint density at radius 1 is 0.543 bits per heavy atom. The number of nitrogens with one attached hydrogen (secondary N) is 1. The first kappa shape index (κ1) is 20.1. The van der Waals surface area contributed by atoms with Crippen LogP contribution < -0.4 is 0 Å². The van der Waals surface area contributed by atoms with Crippen LogP contribution in [0.25, 0.3) is 60.4 Å². The summed E-state index contributed by atoms with van der Waals surface area (Å²) in [5, 5.41) is 5.15. The van der Waals surface area contributed by atoms with Gasteiger partial charge in [0.15, 0.2) is 0 Å². The third-order valence-electron chi connectivity index (χ3n) is 7.33. The fraction of sp³-hybridized carbons (Fsp3) is 0.0909. The lowest BCUT2D eigenvalue weighted by Crippen LogP contribution is -1.95. The van der Waals surface area contributed by atoms with Crippen LogP contribution in [-0.4, -0.2) is 9.55 Å². The smallest absolute Gasteiger partial charge is 0.0570 e. The predicted octanol–water partition coefficient (Wildman–Crippen LogP) is 9.01. The van der Waals surface area contributed by atoms with E-state index in [9.17, 15) is 0 Å². The number of para-hydroxylation sites is 1. The second-order valence-corrected chi connectivity index (χ2v) is 9.81. The molecule has 0 aliphatic carbocycles. The van der Waals surface area contributed by atoms with Crippen molar-refractivity contribution in [2.75, 3.05) is 0 Å². The summed E-state index contributed by atoms with van der Waals surface area (Å²) in [5.41, 5.74) is 12.5. The summed E-state index contributed by atoms with van der Waals surface area (Å²) in [6.07, 6.45) is 0. The van der Waals surface area contributed by atoms with Crippen molar-refractivity contribution in [2.24, 2.45) is 0 Å². The van der Waals surface area contributed by atoms with Crippen molar-refractivity contribution in [3.63, 3.8) is 0 Å². The maximum absolute atomic E-state index is 3.55. The number of aryl methyl sites for hydroxylation is 3. The Morgan fingerprint density at radius 2 is 1.26 bits per heavy atom. The summed E-state index contributed by atoms with van der Waals surface area (Å²) in [6, 6.07) is 35.7. The first-order valence-electron chi connectivity index (χ1n) is 12.2. The molecule has 0 radical (unpaired) electrons. The van der Waals surface area contributed by atoms with Crippen LogP contribution in [0.3, 0.4) is 0 Å². The largest absolute Gasteiger partial charge is 0.355 e. The Labute approximate surface area is 204 Å². The summed E-state index contributed by atoms with van der Waals surface area (Å²) in [7, 11) is 0. The van der Waals surface area contributed by atoms with E-state index >= 15 is 0 Å². The van der Waals surface area contributed by atoms with Gasteiger partial charge in [0.05, 0.1) is 11.0 Å². The number of fused-ring (bicyclic) bond motifs is 6. The number of aromatic amines is 1. The summed E-state index contributed by atoms with van der Waals surface area (Å²) in [5.74, 6) is 0. The molecule has 5 aromatic carbocycles. The Hall–Kier alpha value is -4.30. The average Bonchev–Trinajstić information content (AvgIpc) is 3.40. The van der Waals surface area contributed by atoms with Gasteiger partial charge < -0.3 is 9.55 Å². The van der Waals surface area contributed by atoms with E-state index in [0.717, 1.165) is 0 Å². The van der Waals surface area contributed by atoms with Crippen LogP contribution in [0.5, 0.6) is 0 Å². The summed E-state index contributed by atoms with van der Waals surface area (Å²) in [6.45, 7) is 6.56. The van der Waals surface area contributed by atoms with Gasteiger partial charge in [0.1, 0.15) is 0 Å². The minimum Gasteiger partial charge on any atom is -0.355 e. The monoisotopic (exact) mass is 450 g/mol. The van der Waals surface area contributed by atoms with Gasteiger partial charge in [-0.2, -0.15) is 0 Å². The molecule has 2 heterocycles. The van der Waals surface area contributed by atoms with Gasteiger partial charge in [0.2, 0.25) is 0 Å². The number of hydrogen-bond acceptors (Lipinski definition) is 0. The molecule has 35 heavy (non-hydrogen) atoms. The van der Waals surface area contributed by atoms with Crippen molar-refractivity contribution < 1.29 is 0 Å². The van der Waals surface area contributed by atoms with Crippen LogP contribution in [-0.2, 0) is 0 Å². The van der Waals surface area contributed by atoms with Gasteiger partial charge >= 0.3 is 0 Å². The topological polar surface area (TPSA) is 20.7 Å². The standard InChI is InChI=1S/C33H26N2/c1-20-8-12-25(13-9-20)35-32-15-11-24(19-28(32)29-17-21(2)16-22(3)33(29)35)23-10-14-31-27(18-23)26-6-4-5-7-30(26)34-31/h4-19,34H,1-3H3. The summed E-state index contributed by atoms with van der Waals surface area (Å²) in [4.78, 5) is 3.55. The van der Waals surface area contributed by atoms with Crippen molar-refractivity contribution in [1.29, 1.82) is 0 Å². The van der Waals surface area contributed by atoms with Gasteiger partial charge in [-0.05, 0) is 86.0 Å². The number of rotatable bonds is 2. The molecular weight excluding hydrogens is 424 g/mol. The SMILES string of the molecule is Cc1ccc(-n2c3ccc(-c4ccc5[nH]c6ccccc6c5c4)cc3c3cc(C)cc(C)c32)cc1. The Bertz CT molecular complexity index is 1910. The second kappa shape index (κ2) is 7.35. The van der Waals surface area contributed by atoms with E-state index in [1.807, 2.05) is 0 Å². The molecular formula is C33H26N2. The van der Waals surface area contributed by atoms with E-state index in [1.165, 1.54) is 77.1 Å². The summed E-state index contributed by atoms with van der Waals surface area (Å²) >= 11 is 0. The number of nitrogens with zero attached hydrogens (tertiary/aromatic N) is 1. The van der Waals surface area contributed by atoms with Gasteiger partial charge in [-0.25, -0.2) is 0 Å². The molecule has 0 saturated carbocycles. The highest BCUT2D eigenvalue weighted by Crippen LogP contribution is 2.38. The molecule has 0 aliphatic rings. The van der Waals surface area contributed by atoms with Crippen molar-refractivity contribution in [3.8, 4) is 16.8 Å². The zero-order chi connectivity index (χ0) is 23.7. The predicted molar refractivity (Wildman–Crippen MR) is 150 cm³/mol. The van der Waals surface area contributed by atoms with Crippen LogP contribution in [0.1, 0.15) is 16.7 Å². The highest BCUT2D eigenvalue weighted by molar-refractivity contribution is 6.12. The number of benzene rings is 5. The van der Waals surface area contributed by atoms with E-state index < -0.39 is 0 Å². The molecule has 2 heteroatoms. The Kier molecular flexibility index (Phi) is 4.22. The molecule has 0 amide bonds. The van der Waals surface area contributed by atoms with Crippen molar-refractivity contribution in [2.45, 2.75) is 20.8 Å². The highest BCUT2D eigenvalue weighted by Gasteiger charge is 2.16. The molecule has 0 atom stereocenters. The molecule has 0 unspecified atom stereocenters. The normalized spacial score (nSPS) is 11.9. The third-order valence-corrected chi connectivity index (χ3v) is 7.33. The Morgan fingerprint density at radius 3 is 2.09 bits per heavy atom. The lowest BCUT2D eigenvalue weighted by Gasteiger charge is -2.10. The van der Waals surface area contributed by atoms with Crippen molar-refractivity contribution in [3.05, 3.63) is 114 Å². The van der Waals surface area contributed by atoms with E-state index in [0.29, 0.717) is 0 Å². The molecule has 2 aromatic heterocycles. The van der Waals surface area contributed by atoms with Gasteiger partial charge in [0.25, 0.3) is 0 Å². The highest BCUT2D eigenvalue weighted by atomic mass is 15.0. The van der Waals surface area contributed by atoms with E-state index in [2.05, 4.69) is 127 Å². The molecule has 2 nitrogen and oxygen atoms in total. The van der Waals surface area contributed by atoms with Crippen LogP contribution in [0.4, 0.5) is 0 Å². The molecule has 168 valence electrons. The molecule has 0 spiro atoms. The fourth-order valence-electron chi connectivity index (χ4n) is 5.70. The van der Waals surface area contributed by atoms with Crippen LogP contribution in [0, 0.1) is 20.8 Å².